The predicted molar refractivity (Wildman–Crippen MR) is 385 cm³/mol. The molecule has 2 aliphatic heterocycles. The lowest BCUT2D eigenvalue weighted by atomic mass is 10.1. The van der Waals surface area contributed by atoms with Crippen molar-refractivity contribution in [1.29, 1.82) is 0 Å². The van der Waals surface area contributed by atoms with Crippen LogP contribution in [0.25, 0.3) is 21.5 Å². The average Bonchev–Trinajstić information content (AvgIpc) is 0.911. The van der Waals surface area contributed by atoms with Crippen molar-refractivity contribution in [3.05, 3.63) is 311 Å². The monoisotopic (exact) mass is 1350 g/mol. The number of rotatable bonds is 38. The second kappa shape index (κ2) is 39.9. The van der Waals surface area contributed by atoms with Gasteiger partial charge in [0.05, 0.1) is 104 Å². The van der Waals surface area contributed by atoms with Crippen molar-refractivity contribution < 1.29 is 72.2 Å². The van der Waals surface area contributed by atoms with Crippen molar-refractivity contribution in [2.75, 3.05) is 33.0 Å². The smallest absolute Gasteiger partial charge is 0.160 e. The van der Waals surface area contributed by atoms with Crippen molar-refractivity contribution in [3.63, 3.8) is 0 Å². The summed E-state index contributed by atoms with van der Waals surface area (Å²) in [6, 6.07) is 89.5. The van der Waals surface area contributed by atoms with E-state index >= 15 is 0 Å². The van der Waals surface area contributed by atoms with Crippen LogP contribution in [-0.4, -0.2) is 122 Å². The Hall–Kier alpha value is -7.88. The summed E-state index contributed by atoms with van der Waals surface area (Å²) in [5.41, 5.74) is 8.28. The molecule has 0 aromatic heterocycles. The Labute approximate surface area is 588 Å². The number of aliphatic hydroxyl groups excluding tert-OH is 3. The summed E-state index contributed by atoms with van der Waals surface area (Å²) in [6.07, 6.45) is -5.64. The van der Waals surface area contributed by atoms with E-state index in [1.54, 1.807) is 0 Å². The van der Waals surface area contributed by atoms with Crippen LogP contribution in [0, 0.1) is 0 Å². The molecular weight excluding hydrogens is 1260 g/mol. The van der Waals surface area contributed by atoms with Gasteiger partial charge in [0.2, 0.25) is 0 Å². The number of aliphatic hydroxyl groups is 3. The average molecular weight is 1360 g/mol. The largest absolute Gasteiger partial charge is 0.394 e. The molecule has 10 aromatic rings. The third-order valence-corrected chi connectivity index (χ3v) is 17.8. The second-order valence-corrected chi connectivity index (χ2v) is 25.3. The number of hydrogen-bond acceptors (Lipinski definition) is 15. The van der Waals surface area contributed by atoms with E-state index in [0.29, 0.717) is 65.7 Å². The summed E-state index contributed by atoms with van der Waals surface area (Å²) < 4.78 is 77.3. The molecule has 15 heteroatoms. The topological polar surface area (TPSA) is 171 Å². The first-order chi connectivity index (χ1) is 49.3. The van der Waals surface area contributed by atoms with E-state index in [4.69, 9.17) is 56.8 Å². The summed E-state index contributed by atoms with van der Waals surface area (Å²) >= 11 is 0. The standard InChI is InChI=1S/C43H48O7.C42H46O8/c1-2-39-38(44)25-42(50-39)48-31-41(47-28-33-16-8-4-9-17-33)43(49-29-34-18-10-5-11-19-34)40(46-27-32-14-6-3-7-15-32)30-45-26-35-22-23-36-20-12-13-21-37(36)24-35;43-24-38-37(44)23-41(50-38)48-30-40(47-27-32-14-6-2-7-15-32)42(49-28-33-16-8-3-9-17-33)39(46-26-31-12-4-1-5-13-31)29-45-25-34-20-21-35-18-10-11-19-36(35)22-34/h3-24,38-44H,2,25-31H2,1H3;1-22,37-44H,23-30H2/t38?,39-,40?,41?,42-,43?;37?,38-,39?,40?,41-,42?/m11/s1. The van der Waals surface area contributed by atoms with Gasteiger partial charge in [-0.2, -0.15) is 0 Å². The minimum absolute atomic E-state index is 0.0949. The van der Waals surface area contributed by atoms with Crippen LogP contribution in [0.1, 0.15) is 70.7 Å². The highest BCUT2D eigenvalue weighted by Gasteiger charge is 2.40. The Morgan fingerprint density at radius 2 is 0.610 bits per heavy atom. The van der Waals surface area contributed by atoms with Crippen LogP contribution in [0.15, 0.2) is 267 Å². The summed E-state index contributed by atoms with van der Waals surface area (Å²) in [6.45, 7) is 5.35. The van der Waals surface area contributed by atoms with Crippen LogP contribution in [0.5, 0.6) is 0 Å². The van der Waals surface area contributed by atoms with Crippen LogP contribution in [0.3, 0.4) is 0 Å². The lowest BCUT2D eigenvalue weighted by Gasteiger charge is -2.34. The molecule has 10 aromatic carbocycles. The van der Waals surface area contributed by atoms with Crippen LogP contribution in [0.2, 0.25) is 0 Å². The third-order valence-electron chi connectivity index (χ3n) is 17.8. The molecule has 100 heavy (non-hydrogen) atoms. The molecule has 0 spiro atoms. The third kappa shape index (κ3) is 23.1. The molecule has 12 atom stereocenters. The first-order valence-corrected chi connectivity index (χ1v) is 34.8. The molecule has 2 saturated heterocycles. The number of ether oxygens (including phenoxy) is 12. The Balaban J connectivity index is 0.000000202. The molecule has 12 rings (SSSR count). The van der Waals surface area contributed by atoms with Gasteiger partial charge in [-0.1, -0.05) is 262 Å². The highest BCUT2D eigenvalue weighted by atomic mass is 16.7. The van der Waals surface area contributed by atoms with E-state index in [1.807, 2.05) is 213 Å². The van der Waals surface area contributed by atoms with Gasteiger partial charge >= 0.3 is 0 Å². The van der Waals surface area contributed by atoms with Gasteiger partial charge in [0.25, 0.3) is 0 Å². The predicted octanol–water partition coefficient (Wildman–Crippen LogP) is 14.6. The molecule has 0 radical (unpaired) electrons. The van der Waals surface area contributed by atoms with Gasteiger partial charge in [0.15, 0.2) is 12.6 Å². The first-order valence-electron chi connectivity index (χ1n) is 34.8. The summed E-state index contributed by atoms with van der Waals surface area (Å²) in [5.74, 6) is 0. The number of benzene rings is 10. The van der Waals surface area contributed by atoms with Gasteiger partial charge < -0.3 is 72.2 Å². The van der Waals surface area contributed by atoms with E-state index in [9.17, 15) is 15.3 Å². The fourth-order valence-electron chi connectivity index (χ4n) is 12.3. The SMILES string of the molecule is CC[C@H]1O[C@@H](OCC(OCc2ccccc2)C(OCc2ccccc2)C(COCc2ccc3ccccc3c2)OCc2ccccc2)CC1O.OC[C@H]1O[C@@H](OCC(OCc2ccccc2)C(OCc2ccccc2)C(COCc2ccc3ccccc3c2)OCc2ccccc2)CC1O. The van der Waals surface area contributed by atoms with Gasteiger partial charge in [-0.25, -0.2) is 0 Å². The lowest BCUT2D eigenvalue weighted by molar-refractivity contribution is -0.206. The summed E-state index contributed by atoms with van der Waals surface area (Å²) in [4.78, 5) is 0. The van der Waals surface area contributed by atoms with Gasteiger partial charge in [-0.05, 0) is 84.6 Å². The molecule has 3 N–H and O–H groups in total. The van der Waals surface area contributed by atoms with Crippen molar-refractivity contribution in [3.8, 4) is 0 Å². The maximum atomic E-state index is 10.5. The fraction of sp³-hybridized carbons (Fsp3) is 0.341. The molecule has 2 heterocycles. The molecule has 15 nitrogen and oxygen atoms in total. The summed E-state index contributed by atoms with van der Waals surface area (Å²) in [5, 5.41) is 35.2. The zero-order chi connectivity index (χ0) is 68.8. The molecule has 524 valence electrons. The molecule has 2 aliphatic rings. The molecule has 2 fully saturated rings. The highest BCUT2D eigenvalue weighted by Crippen LogP contribution is 2.29. The Kier molecular flexibility index (Phi) is 29.3. The maximum Gasteiger partial charge on any atom is 0.160 e. The number of hydrogen-bond donors (Lipinski definition) is 3. The van der Waals surface area contributed by atoms with E-state index in [-0.39, 0.29) is 45.6 Å². The second-order valence-electron chi connectivity index (χ2n) is 25.3. The minimum atomic E-state index is -0.815. The van der Waals surface area contributed by atoms with Gasteiger partial charge in [0, 0.05) is 12.8 Å². The van der Waals surface area contributed by atoms with Crippen LogP contribution in [-0.2, 0) is 110 Å². The van der Waals surface area contributed by atoms with Gasteiger partial charge in [0.1, 0.15) is 42.7 Å². The highest BCUT2D eigenvalue weighted by molar-refractivity contribution is 5.83. The Morgan fingerprint density at radius 1 is 0.320 bits per heavy atom. The van der Waals surface area contributed by atoms with Gasteiger partial charge in [-0.3, -0.25) is 0 Å². The molecule has 0 aliphatic carbocycles. The molecule has 0 saturated carbocycles. The maximum absolute atomic E-state index is 10.5. The Morgan fingerprint density at radius 3 is 0.920 bits per heavy atom. The van der Waals surface area contributed by atoms with Crippen molar-refractivity contribution >= 4 is 21.5 Å². The van der Waals surface area contributed by atoms with E-state index in [0.717, 1.165) is 49.9 Å². The lowest BCUT2D eigenvalue weighted by Crippen LogP contribution is -2.47. The quantitative estimate of drug-likeness (QED) is 0.0334. The van der Waals surface area contributed by atoms with Crippen molar-refractivity contribution in [1.82, 2.24) is 0 Å². The van der Waals surface area contributed by atoms with Crippen LogP contribution in [0.4, 0.5) is 0 Å². The first kappa shape index (κ1) is 73.3. The normalized spacial score (nSPS) is 19.4. The number of fused-ring (bicyclic) bond motifs is 2. The zero-order valence-corrected chi connectivity index (χ0v) is 56.9. The van der Waals surface area contributed by atoms with Gasteiger partial charge in [-0.15, -0.1) is 0 Å². The Bertz CT molecular complexity index is 3620. The fourth-order valence-corrected chi connectivity index (χ4v) is 12.3. The summed E-state index contributed by atoms with van der Waals surface area (Å²) in [7, 11) is 0. The molecule has 0 amide bonds. The minimum Gasteiger partial charge on any atom is -0.394 e. The van der Waals surface area contributed by atoms with E-state index in [2.05, 4.69) is 60.7 Å². The molecular formula is C85H94O15. The van der Waals surface area contributed by atoms with Crippen LogP contribution >= 0.6 is 0 Å². The molecule has 8 unspecified atom stereocenters. The van der Waals surface area contributed by atoms with E-state index in [1.165, 1.54) is 16.2 Å². The van der Waals surface area contributed by atoms with E-state index < -0.39 is 67.5 Å². The van der Waals surface area contributed by atoms with Crippen LogP contribution < -0.4 is 0 Å². The zero-order valence-electron chi connectivity index (χ0n) is 56.9. The van der Waals surface area contributed by atoms with Crippen molar-refractivity contribution in [2.45, 2.75) is 153 Å². The van der Waals surface area contributed by atoms with Crippen molar-refractivity contribution in [2.24, 2.45) is 0 Å². The molecule has 0 bridgehead atoms.